The molecule has 0 unspecified atom stereocenters. The molecule has 0 aliphatic carbocycles. The van der Waals surface area contributed by atoms with E-state index in [1.165, 1.54) is 16.2 Å². The van der Waals surface area contributed by atoms with Crippen molar-refractivity contribution in [1.29, 1.82) is 0 Å². The molecule has 1 amide bonds. The molecule has 34 heavy (non-hydrogen) atoms. The summed E-state index contributed by atoms with van der Waals surface area (Å²) in [5, 5.41) is 12.1. The van der Waals surface area contributed by atoms with E-state index in [0.717, 1.165) is 25.8 Å². The van der Waals surface area contributed by atoms with Gasteiger partial charge < -0.3 is 5.11 Å². The standard InChI is InChI=1S/C26H18BrClN2O3S/c1-13-11-14(2)21-19(12-13)34-26(29-21)30-22(15-3-7-17(27)8-4-15)20(24(32)25(30)33)23(31)16-5-9-18(28)10-6-16/h3-12,22,31H,1-2H3/t22-/m0/s1. The summed E-state index contributed by atoms with van der Waals surface area (Å²) >= 11 is 10.8. The maximum absolute atomic E-state index is 13.4. The molecule has 1 aliphatic heterocycles. The Bertz CT molecular complexity index is 1490. The molecule has 4 aromatic rings. The number of hydrogen-bond acceptors (Lipinski definition) is 5. The summed E-state index contributed by atoms with van der Waals surface area (Å²) in [6.45, 7) is 3.98. The molecule has 3 aromatic carbocycles. The van der Waals surface area contributed by atoms with Crippen LogP contribution < -0.4 is 4.90 Å². The molecule has 1 aromatic heterocycles. The predicted molar refractivity (Wildman–Crippen MR) is 139 cm³/mol. The number of aromatic nitrogens is 1. The number of nitrogens with zero attached hydrogens (tertiary/aromatic N) is 2. The molecule has 0 spiro atoms. The molecule has 5 rings (SSSR count). The SMILES string of the molecule is Cc1cc(C)c2nc(N3C(=O)C(=O)C(=C(O)c4ccc(Cl)cc4)[C@@H]3c3ccc(Br)cc3)sc2c1. The summed E-state index contributed by atoms with van der Waals surface area (Å²) in [7, 11) is 0. The van der Waals surface area contributed by atoms with Gasteiger partial charge in [-0.25, -0.2) is 4.98 Å². The van der Waals surface area contributed by atoms with Crippen LogP contribution in [0.5, 0.6) is 0 Å². The fourth-order valence-corrected chi connectivity index (χ4v) is 5.77. The number of hydrogen-bond donors (Lipinski definition) is 1. The minimum absolute atomic E-state index is 0.0156. The Labute approximate surface area is 213 Å². The highest BCUT2D eigenvalue weighted by Gasteiger charge is 2.48. The van der Waals surface area contributed by atoms with Crippen molar-refractivity contribution in [1.82, 2.24) is 4.98 Å². The number of fused-ring (bicyclic) bond motifs is 1. The lowest BCUT2D eigenvalue weighted by Gasteiger charge is -2.23. The Morgan fingerprint density at radius 1 is 1.06 bits per heavy atom. The van der Waals surface area contributed by atoms with E-state index in [1.54, 1.807) is 24.3 Å². The number of aliphatic hydroxyl groups is 1. The summed E-state index contributed by atoms with van der Waals surface area (Å²) in [6, 6.07) is 17.0. The van der Waals surface area contributed by atoms with Gasteiger partial charge in [-0.3, -0.25) is 14.5 Å². The third-order valence-corrected chi connectivity index (χ3v) is 7.55. The minimum Gasteiger partial charge on any atom is -0.507 e. The molecule has 2 heterocycles. The Kier molecular flexibility index (Phi) is 5.80. The largest absolute Gasteiger partial charge is 0.507 e. The number of halogens is 2. The van der Waals surface area contributed by atoms with Crippen molar-refractivity contribution in [2.24, 2.45) is 0 Å². The first-order chi connectivity index (χ1) is 16.2. The summed E-state index contributed by atoms with van der Waals surface area (Å²) in [5.74, 6) is -1.73. The molecular formula is C26H18BrClN2O3S. The second-order valence-electron chi connectivity index (χ2n) is 8.15. The van der Waals surface area contributed by atoms with Crippen LogP contribution in [0.15, 0.2) is 70.7 Å². The quantitative estimate of drug-likeness (QED) is 0.169. The number of aryl methyl sites for hydroxylation is 2. The van der Waals surface area contributed by atoms with E-state index in [0.29, 0.717) is 21.3 Å². The first-order valence-electron chi connectivity index (χ1n) is 10.4. The van der Waals surface area contributed by atoms with Gasteiger partial charge in [0, 0.05) is 15.1 Å². The average Bonchev–Trinajstić information content (AvgIpc) is 3.33. The molecule has 5 nitrogen and oxygen atoms in total. The van der Waals surface area contributed by atoms with Crippen molar-refractivity contribution in [3.8, 4) is 0 Å². The molecule has 0 radical (unpaired) electrons. The summed E-state index contributed by atoms with van der Waals surface area (Å²) in [4.78, 5) is 32.8. The summed E-state index contributed by atoms with van der Waals surface area (Å²) in [5.41, 5.74) is 3.98. The molecule has 170 valence electrons. The molecule has 0 saturated carbocycles. The van der Waals surface area contributed by atoms with Crippen LogP contribution in [0, 0.1) is 13.8 Å². The molecule has 1 saturated heterocycles. The first kappa shape index (κ1) is 22.8. The van der Waals surface area contributed by atoms with Gasteiger partial charge in [0.15, 0.2) is 5.13 Å². The number of rotatable bonds is 3. The smallest absolute Gasteiger partial charge is 0.301 e. The number of carbonyl (C=O) groups is 2. The fraction of sp³-hybridized carbons (Fsp3) is 0.115. The number of thiazole rings is 1. The van der Waals surface area contributed by atoms with Crippen LogP contribution in [0.3, 0.4) is 0 Å². The van der Waals surface area contributed by atoms with E-state index in [4.69, 9.17) is 16.6 Å². The van der Waals surface area contributed by atoms with E-state index < -0.39 is 17.7 Å². The predicted octanol–water partition coefficient (Wildman–Crippen LogP) is 6.96. The van der Waals surface area contributed by atoms with Crippen molar-refractivity contribution >= 4 is 71.7 Å². The van der Waals surface area contributed by atoms with Crippen molar-refractivity contribution in [2.45, 2.75) is 19.9 Å². The number of anilines is 1. The van der Waals surface area contributed by atoms with Crippen molar-refractivity contribution < 1.29 is 14.7 Å². The van der Waals surface area contributed by atoms with Crippen LogP contribution in [0.4, 0.5) is 5.13 Å². The summed E-state index contributed by atoms with van der Waals surface area (Å²) in [6.07, 6.45) is 0. The zero-order valence-electron chi connectivity index (χ0n) is 18.2. The van der Waals surface area contributed by atoms with E-state index in [2.05, 4.69) is 15.9 Å². The Morgan fingerprint density at radius 2 is 1.74 bits per heavy atom. The van der Waals surface area contributed by atoms with Crippen molar-refractivity contribution in [2.75, 3.05) is 4.90 Å². The van der Waals surface area contributed by atoms with E-state index in [9.17, 15) is 14.7 Å². The zero-order chi connectivity index (χ0) is 24.1. The topological polar surface area (TPSA) is 70.5 Å². The van der Waals surface area contributed by atoms with Crippen LogP contribution in [-0.4, -0.2) is 21.8 Å². The van der Waals surface area contributed by atoms with Gasteiger partial charge in [-0.15, -0.1) is 0 Å². The highest BCUT2D eigenvalue weighted by atomic mass is 79.9. The van der Waals surface area contributed by atoms with Crippen molar-refractivity contribution in [3.63, 3.8) is 0 Å². The van der Waals surface area contributed by atoms with E-state index >= 15 is 0 Å². The van der Waals surface area contributed by atoms with Crippen LogP contribution in [-0.2, 0) is 9.59 Å². The second-order valence-corrected chi connectivity index (χ2v) is 10.5. The lowest BCUT2D eigenvalue weighted by molar-refractivity contribution is -0.132. The molecule has 8 heteroatoms. The molecular weight excluding hydrogens is 536 g/mol. The number of amides is 1. The fourth-order valence-electron chi connectivity index (χ4n) is 4.22. The number of ketones is 1. The maximum Gasteiger partial charge on any atom is 0.301 e. The highest BCUT2D eigenvalue weighted by molar-refractivity contribution is 9.10. The first-order valence-corrected chi connectivity index (χ1v) is 12.4. The van der Waals surface area contributed by atoms with Gasteiger partial charge in [-0.05, 0) is 73.0 Å². The van der Waals surface area contributed by atoms with Gasteiger partial charge >= 0.3 is 5.91 Å². The Morgan fingerprint density at radius 3 is 2.41 bits per heavy atom. The van der Waals surface area contributed by atoms with Crippen LogP contribution in [0.2, 0.25) is 5.02 Å². The number of carbonyl (C=O) groups excluding carboxylic acids is 2. The normalized spacial score (nSPS) is 17.6. The Hall–Kier alpha value is -3.00. The van der Waals surface area contributed by atoms with Crippen molar-refractivity contribution in [3.05, 3.63) is 98.0 Å². The maximum atomic E-state index is 13.4. The van der Waals surface area contributed by atoms with Gasteiger partial charge in [-0.2, -0.15) is 0 Å². The van der Waals surface area contributed by atoms with E-state index in [-0.39, 0.29) is 11.3 Å². The molecule has 1 fully saturated rings. The Balaban J connectivity index is 1.74. The molecule has 1 aliphatic rings. The monoisotopic (exact) mass is 552 g/mol. The number of aliphatic hydroxyl groups excluding tert-OH is 1. The second kappa shape index (κ2) is 8.65. The zero-order valence-corrected chi connectivity index (χ0v) is 21.3. The molecule has 1 atom stereocenters. The lowest BCUT2D eigenvalue weighted by Crippen LogP contribution is -2.29. The van der Waals surface area contributed by atoms with Gasteiger partial charge in [-0.1, -0.05) is 57.1 Å². The molecule has 0 bridgehead atoms. The highest BCUT2D eigenvalue weighted by Crippen LogP contribution is 2.45. The number of Topliss-reactive ketones (excluding diaryl/α,β-unsaturated/α-hetero) is 1. The number of benzene rings is 3. The molecule has 1 N–H and O–H groups in total. The van der Waals surface area contributed by atoms with E-state index in [1.807, 2.05) is 50.2 Å². The van der Waals surface area contributed by atoms with Gasteiger partial charge in [0.05, 0.1) is 21.8 Å². The lowest BCUT2D eigenvalue weighted by atomic mass is 9.95. The van der Waals surface area contributed by atoms with Crippen LogP contribution >= 0.6 is 38.9 Å². The summed E-state index contributed by atoms with van der Waals surface area (Å²) < 4.78 is 1.79. The average molecular weight is 554 g/mol. The van der Waals surface area contributed by atoms with Gasteiger partial charge in [0.2, 0.25) is 0 Å². The third kappa shape index (κ3) is 3.83. The van der Waals surface area contributed by atoms with Crippen LogP contribution in [0.1, 0.15) is 28.3 Å². The third-order valence-electron chi connectivity index (χ3n) is 5.77. The van der Waals surface area contributed by atoms with Crippen LogP contribution in [0.25, 0.3) is 16.0 Å². The minimum atomic E-state index is -0.828. The van der Waals surface area contributed by atoms with Gasteiger partial charge in [0.1, 0.15) is 5.76 Å². The van der Waals surface area contributed by atoms with Gasteiger partial charge in [0.25, 0.3) is 5.78 Å².